The third kappa shape index (κ3) is 5.37. The first-order chi connectivity index (χ1) is 14.4. The van der Waals surface area contributed by atoms with E-state index in [0.29, 0.717) is 18.8 Å². The molecule has 1 aliphatic rings. The second kappa shape index (κ2) is 9.73. The number of nitrogens with zero attached hydrogens (tertiary/aromatic N) is 1. The van der Waals surface area contributed by atoms with Crippen molar-refractivity contribution >= 4 is 21.9 Å². The highest BCUT2D eigenvalue weighted by Gasteiger charge is 2.27. The van der Waals surface area contributed by atoms with Crippen LogP contribution in [-0.2, 0) is 26.1 Å². The van der Waals surface area contributed by atoms with Gasteiger partial charge in [-0.05, 0) is 48.7 Å². The number of esters is 1. The van der Waals surface area contributed by atoms with Gasteiger partial charge in [-0.1, -0.05) is 18.2 Å². The largest absolute Gasteiger partial charge is 0.497 e. The molecule has 2 aromatic carbocycles. The van der Waals surface area contributed by atoms with Gasteiger partial charge in [0, 0.05) is 19.6 Å². The van der Waals surface area contributed by atoms with Crippen LogP contribution in [0.15, 0.2) is 53.4 Å². The summed E-state index contributed by atoms with van der Waals surface area (Å²) in [7, 11) is -2.08. The molecule has 0 bridgehead atoms. The van der Waals surface area contributed by atoms with E-state index in [1.807, 2.05) is 12.1 Å². The predicted octanol–water partition coefficient (Wildman–Crippen LogP) is 1.95. The van der Waals surface area contributed by atoms with Gasteiger partial charge in [0.05, 0.1) is 17.6 Å². The number of carbonyl (C=O) groups excluding carboxylic acids is 2. The van der Waals surface area contributed by atoms with Gasteiger partial charge in [0.15, 0.2) is 6.61 Å². The molecule has 1 N–H and O–H groups in total. The van der Waals surface area contributed by atoms with Crippen LogP contribution >= 0.6 is 0 Å². The Labute approximate surface area is 175 Å². The van der Waals surface area contributed by atoms with E-state index in [4.69, 9.17) is 9.47 Å². The molecule has 1 amide bonds. The van der Waals surface area contributed by atoms with Crippen molar-refractivity contribution in [2.75, 3.05) is 26.8 Å². The van der Waals surface area contributed by atoms with E-state index >= 15 is 0 Å². The molecular formula is C21H24N2O6S. The van der Waals surface area contributed by atoms with Crippen LogP contribution in [0.4, 0.5) is 0 Å². The minimum Gasteiger partial charge on any atom is -0.497 e. The predicted molar refractivity (Wildman–Crippen MR) is 110 cm³/mol. The van der Waals surface area contributed by atoms with Crippen molar-refractivity contribution in [2.45, 2.75) is 24.3 Å². The Morgan fingerprint density at radius 1 is 1.07 bits per heavy atom. The van der Waals surface area contributed by atoms with Crippen molar-refractivity contribution in [2.24, 2.45) is 0 Å². The number of hydrogen-bond acceptors (Lipinski definition) is 6. The second-order valence-electron chi connectivity index (χ2n) is 6.84. The van der Waals surface area contributed by atoms with Crippen molar-refractivity contribution in [1.29, 1.82) is 0 Å². The lowest BCUT2D eigenvalue weighted by atomic mass is 10.2. The molecule has 0 spiro atoms. The van der Waals surface area contributed by atoms with Crippen LogP contribution in [0, 0.1) is 0 Å². The van der Waals surface area contributed by atoms with E-state index in [1.165, 1.54) is 28.6 Å². The Balaban J connectivity index is 1.55. The minimum atomic E-state index is -3.63. The first kappa shape index (κ1) is 21.8. The molecule has 1 heterocycles. The molecular weight excluding hydrogens is 408 g/mol. The monoisotopic (exact) mass is 432 g/mol. The van der Waals surface area contributed by atoms with Gasteiger partial charge in [0.2, 0.25) is 10.0 Å². The highest BCUT2D eigenvalue weighted by molar-refractivity contribution is 7.89. The maximum absolute atomic E-state index is 12.6. The molecule has 8 nitrogen and oxygen atoms in total. The Hall–Kier alpha value is -2.91. The molecule has 160 valence electrons. The van der Waals surface area contributed by atoms with Crippen LogP contribution in [0.5, 0.6) is 5.75 Å². The van der Waals surface area contributed by atoms with E-state index in [9.17, 15) is 18.0 Å². The standard InChI is InChI=1S/C21H24N2O6S/c1-28-18-8-4-6-16(12-18)14-22-20(24)15-29-21(25)17-7-5-9-19(13-17)30(26,27)23-10-2-3-11-23/h4-9,12-13H,2-3,10-11,14-15H2,1H3,(H,22,24). The van der Waals surface area contributed by atoms with Crippen LogP contribution in [0.1, 0.15) is 28.8 Å². The molecule has 1 aliphatic heterocycles. The number of rotatable bonds is 8. The lowest BCUT2D eigenvalue weighted by Crippen LogP contribution is -2.29. The maximum Gasteiger partial charge on any atom is 0.338 e. The number of hydrogen-bond donors (Lipinski definition) is 1. The average molecular weight is 432 g/mol. The highest BCUT2D eigenvalue weighted by Crippen LogP contribution is 2.21. The number of methoxy groups -OCH3 is 1. The van der Waals surface area contributed by atoms with Crippen molar-refractivity contribution in [1.82, 2.24) is 9.62 Å². The Bertz CT molecular complexity index is 1020. The quantitative estimate of drug-likeness (QED) is 0.640. The van der Waals surface area contributed by atoms with Gasteiger partial charge in [0.1, 0.15) is 5.75 Å². The van der Waals surface area contributed by atoms with Crippen LogP contribution in [0.25, 0.3) is 0 Å². The lowest BCUT2D eigenvalue weighted by molar-refractivity contribution is -0.124. The first-order valence-electron chi connectivity index (χ1n) is 9.57. The first-order valence-corrected chi connectivity index (χ1v) is 11.0. The molecule has 0 aromatic heterocycles. The van der Waals surface area contributed by atoms with Crippen LogP contribution in [0.2, 0.25) is 0 Å². The number of ether oxygens (including phenoxy) is 2. The molecule has 1 saturated heterocycles. The molecule has 3 rings (SSSR count). The van der Waals surface area contributed by atoms with E-state index < -0.39 is 28.5 Å². The fourth-order valence-corrected chi connectivity index (χ4v) is 4.67. The molecule has 0 unspecified atom stereocenters. The van der Waals surface area contributed by atoms with Gasteiger partial charge >= 0.3 is 5.97 Å². The summed E-state index contributed by atoms with van der Waals surface area (Å²) in [4.78, 5) is 24.3. The summed E-state index contributed by atoms with van der Waals surface area (Å²) in [6.07, 6.45) is 1.65. The van der Waals surface area contributed by atoms with E-state index in [-0.39, 0.29) is 17.0 Å². The third-order valence-electron chi connectivity index (χ3n) is 4.73. The zero-order valence-electron chi connectivity index (χ0n) is 16.7. The topological polar surface area (TPSA) is 102 Å². The average Bonchev–Trinajstić information content (AvgIpc) is 3.32. The van der Waals surface area contributed by atoms with Gasteiger partial charge in [-0.3, -0.25) is 4.79 Å². The summed E-state index contributed by atoms with van der Waals surface area (Å²) >= 11 is 0. The third-order valence-corrected chi connectivity index (χ3v) is 6.63. The van der Waals surface area contributed by atoms with Gasteiger partial charge in [-0.15, -0.1) is 0 Å². The van der Waals surface area contributed by atoms with Gasteiger partial charge in [-0.2, -0.15) is 4.31 Å². The molecule has 30 heavy (non-hydrogen) atoms. The van der Waals surface area contributed by atoms with Crippen molar-refractivity contribution in [3.63, 3.8) is 0 Å². The summed E-state index contributed by atoms with van der Waals surface area (Å²) in [6, 6.07) is 12.9. The van der Waals surface area contributed by atoms with Crippen LogP contribution < -0.4 is 10.1 Å². The number of sulfonamides is 1. The normalized spacial score (nSPS) is 14.3. The Morgan fingerprint density at radius 3 is 2.53 bits per heavy atom. The number of nitrogens with one attached hydrogen (secondary N) is 1. The fraction of sp³-hybridized carbons (Fsp3) is 0.333. The summed E-state index contributed by atoms with van der Waals surface area (Å²) in [5.74, 6) is -0.547. The molecule has 0 saturated carbocycles. The molecule has 1 fully saturated rings. The molecule has 0 atom stereocenters. The van der Waals surface area contributed by atoms with Crippen molar-refractivity contribution < 1.29 is 27.5 Å². The zero-order valence-corrected chi connectivity index (χ0v) is 17.5. The lowest BCUT2D eigenvalue weighted by Gasteiger charge is -2.15. The molecule has 2 aromatic rings. The van der Waals surface area contributed by atoms with Crippen LogP contribution in [-0.4, -0.2) is 51.4 Å². The van der Waals surface area contributed by atoms with Crippen molar-refractivity contribution in [3.8, 4) is 5.75 Å². The number of amides is 1. The van der Waals surface area contributed by atoms with Crippen molar-refractivity contribution in [3.05, 3.63) is 59.7 Å². The van der Waals surface area contributed by atoms with Gasteiger partial charge < -0.3 is 14.8 Å². The fourth-order valence-electron chi connectivity index (χ4n) is 3.11. The molecule has 0 aliphatic carbocycles. The minimum absolute atomic E-state index is 0.0429. The second-order valence-corrected chi connectivity index (χ2v) is 8.78. The summed E-state index contributed by atoms with van der Waals surface area (Å²) in [5, 5.41) is 2.66. The smallest absolute Gasteiger partial charge is 0.338 e. The highest BCUT2D eigenvalue weighted by atomic mass is 32.2. The summed E-state index contributed by atoms with van der Waals surface area (Å²) in [6.45, 7) is 0.748. The van der Waals surface area contributed by atoms with Gasteiger partial charge in [0.25, 0.3) is 5.91 Å². The summed E-state index contributed by atoms with van der Waals surface area (Å²) in [5.41, 5.74) is 0.921. The SMILES string of the molecule is COc1cccc(CNC(=O)COC(=O)c2cccc(S(=O)(=O)N3CCCC3)c2)c1. The molecule has 0 radical (unpaired) electrons. The van der Waals surface area contributed by atoms with E-state index in [2.05, 4.69) is 5.32 Å². The van der Waals surface area contributed by atoms with E-state index in [0.717, 1.165) is 18.4 Å². The Kier molecular flexibility index (Phi) is 7.07. The summed E-state index contributed by atoms with van der Waals surface area (Å²) < 4.78 is 36.8. The van der Waals surface area contributed by atoms with Gasteiger partial charge in [-0.25, -0.2) is 13.2 Å². The maximum atomic E-state index is 12.6. The zero-order chi connectivity index (χ0) is 21.6. The Morgan fingerprint density at radius 2 is 1.80 bits per heavy atom. The number of benzene rings is 2. The molecule has 9 heteroatoms. The number of carbonyl (C=O) groups is 2. The van der Waals surface area contributed by atoms with E-state index in [1.54, 1.807) is 19.2 Å². The van der Waals surface area contributed by atoms with Crippen LogP contribution in [0.3, 0.4) is 0 Å².